The average molecular weight is 361 g/mol. The summed E-state index contributed by atoms with van der Waals surface area (Å²) in [6.07, 6.45) is 2.24. The maximum absolute atomic E-state index is 6.30. The van der Waals surface area contributed by atoms with Gasteiger partial charge < -0.3 is 0 Å². The number of hydrogen-bond acceptors (Lipinski definition) is 1. The zero-order valence-corrected chi connectivity index (χ0v) is 12.9. The minimum Gasteiger partial charge on any atom is -0.131 e. The summed E-state index contributed by atoms with van der Waals surface area (Å²) in [5, 5.41) is 0.157. The third kappa shape index (κ3) is 3.84. The fourth-order valence-corrected chi connectivity index (χ4v) is 3.56. The van der Waals surface area contributed by atoms with Gasteiger partial charge in [-0.25, -0.2) is 0 Å². The Bertz CT molecular complexity index is 277. The van der Waals surface area contributed by atoms with Crippen molar-refractivity contribution in [1.82, 2.24) is 0 Å². The lowest BCUT2D eigenvalue weighted by atomic mass is 10.1. The van der Waals surface area contributed by atoms with Gasteiger partial charge >= 0.3 is 0 Å². The van der Waals surface area contributed by atoms with Gasteiger partial charge in [-0.15, -0.1) is 22.9 Å². The van der Waals surface area contributed by atoms with E-state index in [4.69, 9.17) is 11.6 Å². The lowest BCUT2D eigenvalue weighted by Crippen LogP contribution is -1.92. The van der Waals surface area contributed by atoms with E-state index >= 15 is 0 Å². The van der Waals surface area contributed by atoms with Gasteiger partial charge in [0, 0.05) is 9.35 Å². The molecule has 14 heavy (non-hydrogen) atoms. The third-order valence-corrected chi connectivity index (χ3v) is 5.92. The quantitative estimate of drug-likeness (QED) is 0.579. The summed E-state index contributed by atoms with van der Waals surface area (Å²) in [5.41, 5.74) is 0. The Hall–Kier alpha value is 0.950. The van der Waals surface area contributed by atoms with Crippen molar-refractivity contribution in [2.75, 3.05) is 0 Å². The van der Waals surface area contributed by atoms with Gasteiger partial charge in [0.15, 0.2) is 0 Å². The standard InChI is InChI=1S/C10H13Br2ClS/c1-6(2)3-4-8(13)9-5-7(11)10(12)14-9/h5-6,8H,3-4H2,1-2H3. The summed E-state index contributed by atoms with van der Waals surface area (Å²) in [6.45, 7) is 4.45. The van der Waals surface area contributed by atoms with Crippen molar-refractivity contribution in [2.24, 2.45) is 5.92 Å². The second-order valence-corrected chi connectivity index (χ2v) is 7.49. The summed E-state index contributed by atoms with van der Waals surface area (Å²) >= 11 is 15.0. The summed E-state index contributed by atoms with van der Waals surface area (Å²) in [4.78, 5) is 1.24. The van der Waals surface area contributed by atoms with Crippen LogP contribution in [0.2, 0.25) is 0 Å². The van der Waals surface area contributed by atoms with Crippen LogP contribution in [0.5, 0.6) is 0 Å². The molecule has 0 aliphatic heterocycles. The van der Waals surface area contributed by atoms with Crippen LogP contribution in [0.4, 0.5) is 0 Å². The molecule has 0 saturated carbocycles. The first-order valence-corrected chi connectivity index (χ1v) is 7.43. The maximum atomic E-state index is 6.30. The third-order valence-electron chi connectivity index (χ3n) is 1.97. The van der Waals surface area contributed by atoms with Gasteiger partial charge in [-0.3, -0.25) is 0 Å². The topological polar surface area (TPSA) is 0 Å². The number of alkyl halides is 1. The first kappa shape index (κ1) is 13.0. The molecule has 80 valence electrons. The van der Waals surface area contributed by atoms with E-state index in [9.17, 15) is 0 Å². The number of hydrogen-bond donors (Lipinski definition) is 0. The molecular weight excluding hydrogens is 347 g/mol. The molecule has 0 N–H and O–H groups in total. The van der Waals surface area contributed by atoms with E-state index in [0.717, 1.165) is 20.6 Å². The van der Waals surface area contributed by atoms with Crippen molar-refractivity contribution < 1.29 is 0 Å². The first-order valence-electron chi connectivity index (χ1n) is 4.59. The van der Waals surface area contributed by atoms with Gasteiger partial charge in [0.25, 0.3) is 0 Å². The molecule has 0 aliphatic carbocycles. The predicted molar refractivity (Wildman–Crippen MR) is 72.4 cm³/mol. The van der Waals surface area contributed by atoms with Crippen molar-refractivity contribution >= 4 is 54.8 Å². The zero-order valence-electron chi connectivity index (χ0n) is 8.19. The average Bonchev–Trinajstić information content (AvgIpc) is 2.43. The first-order chi connectivity index (χ1) is 6.50. The zero-order chi connectivity index (χ0) is 10.7. The van der Waals surface area contributed by atoms with Crippen LogP contribution in [0.25, 0.3) is 0 Å². The van der Waals surface area contributed by atoms with Crippen molar-refractivity contribution in [3.63, 3.8) is 0 Å². The molecule has 0 nitrogen and oxygen atoms in total. The van der Waals surface area contributed by atoms with Gasteiger partial charge in [-0.05, 0) is 56.7 Å². The monoisotopic (exact) mass is 358 g/mol. The van der Waals surface area contributed by atoms with Crippen LogP contribution in [0.3, 0.4) is 0 Å². The normalized spacial score (nSPS) is 13.6. The highest BCUT2D eigenvalue weighted by Gasteiger charge is 2.13. The van der Waals surface area contributed by atoms with Crippen molar-refractivity contribution in [3.05, 3.63) is 19.2 Å². The molecule has 1 aromatic heterocycles. The summed E-state index contributed by atoms with van der Waals surface area (Å²) < 4.78 is 2.23. The van der Waals surface area contributed by atoms with E-state index in [0.29, 0.717) is 0 Å². The molecule has 0 aliphatic rings. The molecule has 1 rings (SSSR count). The molecule has 0 amide bonds. The van der Waals surface area contributed by atoms with Crippen LogP contribution in [-0.2, 0) is 0 Å². The van der Waals surface area contributed by atoms with Crippen LogP contribution < -0.4 is 0 Å². The second-order valence-electron chi connectivity index (χ2n) is 3.71. The van der Waals surface area contributed by atoms with Crippen LogP contribution >= 0.6 is 54.8 Å². The molecule has 1 aromatic rings. The Balaban J connectivity index is 2.56. The highest BCUT2D eigenvalue weighted by molar-refractivity contribution is 9.13. The maximum Gasteiger partial charge on any atom is 0.0843 e. The molecule has 1 atom stereocenters. The molecule has 4 heteroatoms. The van der Waals surface area contributed by atoms with E-state index in [1.807, 2.05) is 0 Å². The van der Waals surface area contributed by atoms with Crippen LogP contribution in [-0.4, -0.2) is 0 Å². The summed E-state index contributed by atoms with van der Waals surface area (Å²) in [6, 6.07) is 2.10. The molecule has 0 aromatic carbocycles. The molecule has 0 fully saturated rings. The Labute approximate surface area is 111 Å². The lowest BCUT2D eigenvalue weighted by Gasteiger charge is -2.08. The number of rotatable bonds is 4. The Kier molecular flexibility index (Phi) is 5.47. The van der Waals surface area contributed by atoms with E-state index < -0.39 is 0 Å². The molecule has 0 saturated heterocycles. The van der Waals surface area contributed by atoms with E-state index in [1.54, 1.807) is 11.3 Å². The number of thiophene rings is 1. The fourth-order valence-electron chi connectivity index (χ4n) is 1.14. The molecule has 0 spiro atoms. The molecule has 1 heterocycles. The highest BCUT2D eigenvalue weighted by Crippen LogP contribution is 2.39. The Morgan fingerprint density at radius 2 is 2.00 bits per heavy atom. The predicted octanol–water partition coefficient (Wildman–Crippen LogP) is 5.99. The van der Waals surface area contributed by atoms with Gasteiger partial charge in [-0.1, -0.05) is 13.8 Å². The van der Waals surface area contributed by atoms with Crippen LogP contribution in [0.15, 0.2) is 14.3 Å². The molecular formula is C10H13Br2ClS. The van der Waals surface area contributed by atoms with Crippen molar-refractivity contribution in [1.29, 1.82) is 0 Å². The molecule has 0 bridgehead atoms. The Morgan fingerprint density at radius 3 is 2.43 bits per heavy atom. The minimum atomic E-state index is 0.157. The molecule has 1 unspecified atom stereocenters. The lowest BCUT2D eigenvalue weighted by molar-refractivity contribution is 0.551. The fraction of sp³-hybridized carbons (Fsp3) is 0.600. The van der Waals surface area contributed by atoms with Crippen LogP contribution in [0.1, 0.15) is 36.9 Å². The van der Waals surface area contributed by atoms with Crippen LogP contribution in [0, 0.1) is 5.92 Å². The van der Waals surface area contributed by atoms with Gasteiger partial charge in [0.05, 0.1) is 9.16 Å². The van der Waals surface area contributed by atoms with Crippen molar-refractivity contribution in [3.8, 4) is 0 Å². The minimum absolute atomic E-state index is 0.157. The smallest absolute Gasteiger partial charge is 0.0843 e. The number of halogens is 3. The highest BCUT2D eigenvalue weighted by atomic mass is 79.9. The molecule has 0 radical (unpaired) electrons. The van der Waals surface area contributed by atoms with E-state index in [2.05, 4.69) is 51.8 Å². The van der Waals surface area contributed by atoms with E-state index in [1.165, 1.54) is 11.3 Å². The summed E-state index contributed by atoms with van der Waals surface area (Å²) in [7, 11) is 0. The summed E-state index contributed by atoms with van der Waals surface area (Å²) in [5.74, 6) is 0.725. The van der Waals surface area contributed by atoms with Gasteiger partial charge in [0.2, 0.25) is 0 Å². The Morgan fingerprint density at radius 1 is 1.36 bits per heavy atom. The van der Waals surface area contributed by atoms with E-state index in [-0.39, 0.29) is 5.38 Å². The van der Waals surface area contributed by atoms with Gasteiger partial charge in [-0.2, -0.15) is 0 Å². The largest absolute Gasteiger partial charge is 0.131 e. The second kappa shape index (κ2) is 5.88. The SMILES string of the molecule is CC(C)CCC(Cl)c1cc(Br)c(Br)s1. The van der Waals surface area contributed by atoms with Gasteiger partial charge in [0.1, 0.15) is 0 Å². The van der Waals surface area contributed by atoms with Crippen molar-refractivity contribution in [2.45, 2.75) is 32.1 Å².